The lowest BCUT2D eigenvalue weighted by atomic mass is 9.83. The zero-order chi connectivity index (χ0) is 10.4. The molecule has 78 valence electrons. The molecule has 3 heteroatoms. The molecule has 1 aromatic carbocycles. The van der Waals surface area contributed by atoms with E-state index >= 15 is 0 Å². The van der Waals surface area contributed by atoms with Crippen LogP contribution in [0.1, 0.15) is 30.9 Å². The van der Waals surface area contributed by atoms with Gasteiger partial charge in [0.15, 0.2) is 0 Å². The zero-order valence-corrected chi connectivity index (χ0v) is 9.14. The van der Waals surface area contributed by atoms with Crippen LogP contribution in [0.25, 0.3) is 10.9 Å². The molecular weight excluding hydrogens is 208 g/mol. The van der Waals surface area contributed by atoms with Gasteiger partial charge in [-0.15, -0.1) is 0 Å². The Kier molecular flexibility index (Phi) is 1.93. The number of benzene rings is 1. The molecule has 0 atom stereocenters. The summed E-state index contributed by atoms with van der Waals surface area (Å²) in [6, 6.07) is 5.84. The number of hydrogen-bond acceptors (Lipinski definition) is 1. The van der Waals surface area contributed by atoms with Crippen LogP contribution in [-0.2, 0) is 0 Å². The maximum absolute atomic E-state index is 6.35. The van der Waals surface area contributed by atoms with E-state index in [4.69, 9.17) is 17.3 Å². The molecule has 1 aromatic heterocycles. The molecule has 0 spiro atoms. The van der Waals surface area contributed by atoms with E-state index in [2.05, 4.69) is 4.98 Å². The fraction of sp³-hybridized carbons (Fsp3) is 0.333. The van der Waals surface area contributed by atoms with Gasteiger partial charge in [0, 0.05) is 28.2 Å². The number of H-pyrrole nitrogens is 1. The average Bonchev–Trinajstić information content (AvgIpc) is 2.43. The number of halogens is 1. The first-order valence-electron chi connectivity index (χ1n) is 5.32. The van der Waals surface area contributed by atoms with Gasteiger partial charge in [-0.3, -0.25) is 0 Å². The summed E-state index contributed by atoms with van der Waals surface area (Å²) in [6.45, 7) is 0. The third-order valence-corrected chi connectivity index (χ3v) is 3.71. The van der Waals surface area contributed by atoms with Crippen molar-refractivity contribution in [3.05, 3.63) is 28.9 Å². The summed E-state index contributed by atoms with van der Waals surface area (Å²) in [5, 5.41) is 1.92. The molecule has 1 saturated carbocycles. The topological polar surface area (TPSA) is 41.8 Å². The molecule has 0 aliphatic heterocycles. The fourth-order valence-electron chi connectivity index (χ4n) is 2.18. The fourth-order valence-corrected chi connectivity index (χ4v) is 2.53. The van der Waals surface area contributed by atoms with Crippen LogP contribution in [-0.4, -0.2) is 4.98 Å². The summed E-state index contributed by atoms with van der Waals surface area (Å²) < 4.78 is 0. The predicted octanol–water partition coefficient (Wildman–Crippen LogP) is 3.67. The van der Waals surface area contributed by atoms with Gasteiger partial charge in [-0.2, -0.15) is 0 Å². The van der Waals surface area contributed by atoms with Gasteiger partial charge in [0.1, 0.15) is 0 Å². The molecule has 0 amide bonds. The minimum Gasteiger partial charge on any atom is -0.399 e. The third kappa shape index (κ3) is 1.32. The summed E-state index contributed by atoms with van der Waals surface area (Å²) in [7, 11) is 0. The van der Waals surface area contributed by atoms with Gasteiger partial charge in [0.25, 0.3) is 0 Å². The van der Waals surface area contributed by atoms with Crippen LogP contribution in [0.3, 0.4) is 0 Å². The Bertz CT molecular complexity index is 512. The van der Waals surface area contributed by atoms with Gasteiger partial charge < -0.3 is 10.7 Å². The predicted molar refractivity (Wildman–Crippen MR) is 64.3 cm³/mol. The Hall–Kier alpha value is -1.15. The highest BCUT2D eigenvalue weighted by molar-refractivity contribution is 6.36. The molecule has 0 unspecified atom stereocenters. The molecule has 1 aliphatic rings. The highest BCUT2D eigenvalue weighted by Crippen LogP contribution is 2.42. The van der Waals surface area contributed by atoms with Crippen molar-refractivity contribution in [1.82, 2.24) is 4.98 Å². The van der Waals surface area contributed by atoms with Gasteiger partial charge in [-0.1, -0.05) is 18.0 Å². The van der Waals surface area contributed by atoms with Crippen molar-refractivity contribution in [2.75, 3.05) is 5.73 Å². The van der Waals surface area contributed by atoms with E-state index in [-0.39, 0.29) is 0 Å². The summed E-state index contributed by atoms with van der Waals surface area (Å²) >= 11 is 6.35. The van der Waals surface area contributed by atoms with Crippen LogP contribution in [0.15, 0.2) is 18.2 Å². The minimum atomic E-state index is 0.631. The van der Waals surface area contributed by atoms with Gasteiger partial charge in [-0.05, 0) is 31.0 Å². The molecule has 1 aliphatic carbocycles. The van der Waals surface area contributed by atoms with Gasteiger partial charge in [-0.25, -0.2) is 0 Å². The maximum Gasteiger partial charge on any atom is 0.0695 e. The van der Waals surface area contributed by atoms with Crippen LogP contribution in [0, 0.1) is 0 Å². The smallest absolute Gasteiger partial charge is 0.0695 e. The van der Waals surface area contributed by atoms with Crippen LogP contribution < -0.4 is 5.73 Å². The number of fused-ring (bicyclic) bond motifs is 1. The molecule has 2 nitrogen and oxygen atoms in total. The minimum absolute atomic E-state index is 0.631. The second-order valence-electron chi connectivity index (χ2n) is 4.29. The van der Waals surface area contributed by atoms with Crippen LogP contribution in [0.2, 0.25) is 5.02 Å². The van der Waals surface area contributed by atoms with E-state index in [1.54, 1.807) is 0 Å². The Balaban J connectivity index is 2.19. The summed E-state index contributed by atoms with van der Waals surface area (Å²) in [5.74, 6) is 0.631. The maximum atomic E-state index is 6.35. The van der Waals surface area contributed by atoms with Crippen molar-refractivity contribution in [3.63, 3.8) is 0 Å². The Morgan fingerprint density at radius 1 is 1.33 bits per heavy atom. The van der Waals surface area contributed by atoms with Crippen molar-refractivity contribution >= 4 is 28.2 Å². The van der Waals surface area contributed by atoms with Crippen molar-refractivity contribution < 1.29 is 0 Å². The second-order valence-corrected chi connectivity index (χ2v) is 4.66. The van der Waals surface area contributed by atoms with Crippen LogP contribution in [0.5, 0.6) is 0 Å². The van der Waals surface area contributed by atoms with Crippen molar-refractivity contribution in [2.45, 2.75) is 25.2 Å². The number of nitrogen functional groups attached to an aromatic ring is 1. The van der Waals surface area contributed by atoms with Gasteiger partial charge in [0.2, 0.25) is 0 Å². The van der Waals surface area contributed by atoms with E-state index in [0.717, 1.165) is 21.6 Å². The molecule has 3 N–H and O–H groups in total. The van der Waals surface area contributed by atoms with Gasteiger partial charge in [0.05, 0.1) is 5.02 Å². The third-order valence-electron chi connectivity index (χ3n) is 3.30. The van der Waals surface area contributed by atoms with E-state index in [1.807, 2.05) is 18.2 Å². The summed E-state index contributed by atoms with van der Waals surface area (Å²) in [4.78, 5) is 3.41. The Morgan fingerprint density at radius 3 is 2.80 bits per heavy atom. The summed E-state index contributed by atoms with van der Waals surface area (Å²) in [5.41, 5.74) is 8.81. The highest BCUT2D eigenvalue weighted by Gasteiger charge is 2.24. The number of rotatable bonds is 1. The number of nitrogens with two attached hydrogens (primary N) is 1. The highest BCUT2D eigenvalue weighted by atomic mass is 35.5. The van der Waals surface area contributed by atoms with E-state index < -0.39 is 0 Å². The van der Waals surface area contributed by atoms with E-state index in [1.165, 1.54) is 25.0 Å². The summed E-state index contributed by atoms with van der Waals surface area (Å²) in [6.07, 6.45) is 3.82. The van der Waals surface area contributed by atoms with Crippen LogP contribution >= 0.6 is 11.6 Å². The van der Waals surface area contributed by atoms with E-state index in [0.29, 0.717) is 5.92 Å². The monoisotopic (exact) mass is 220 g/mol. The van der Waals surface area contributed by atoms with Gasteiger partial charge >= 0.3 is 0 Å². The number of aromatic amines is 1. The lowest BCUT2D eigenvalue weighted by molar-refractivity contribution is 0.413. The molecule has 15 heavy (non-hydrogen) atoms. The largest absolute Gasteiger partial charge is 0.399 e. The molecule has 0 saturated heterocycles. The first-order chi connectivity index (χ1) is 7.25. The number of hydrogen-bond donors (Lipinski definition) is 2. The number of anilines is 1. The SMILES string of the molecule is Nc1ccc2[nH]c(C3CCC3)c(Cl)c2c1. The quantitative estimate of drug-likeness (QED) is 0.708. The Labute approximate surface area is 93.4 Å². The number of nitrogens with one attached hydrogen (secondary N) is 1. The first kappa shape index (κ1) is 9.10. The molecule has 0 bridgehead atoms. The molecule has 0 radical (unpaired) electrons. The van der Waals surface area contributed by atoms with Crippen molar-refractivity contribution in [3.8, 4) is 0 Å². The molecule has 2 aromatic rings. The Morgan fingerprint density at radius 2 is 2.13 bits per heavy atom. The van der Waals surface area contributed by atoms with E-state index in [9.17, 15) is 0 Å². The lowest BCUT2D eigenvalue weighted by Crippen LogP contribution is -2.09. The average molecular weight is 221 g/mol. The lowest BCUT2D eigenvalue weighted by Gasteiger charge is -2.24. The molecule has 3 rings (SSSR count). The zero-order valence-electron chi connectivity index (χ0n) is 8.39. The second kappa shape index (κ2) is 3.17. The van der Waals surface area contributed by atoms with Crippen molar-refractivity contribution in [1.29, 1.82) is 0 Å². The standard InChI is InChI=1S/C12H13ClN2/c13-11-9-6-8(14)4-5-10(9)15-12(11)7-2-1-3-7/h4-7,15H,1-3,14H2. The molecular formula is C12H13ClN2. The number of aromatic nitrogens is 1. The van der Waals surface area contributed by atoms with Crippen LogP contribution in [0.4, 0.5) is 5.69 Å². The van der Waals surface area contributed by atoms with Crippen molar-refractivity contribution in [2.24, 2.45) is 0 Å². The normalized spacial score (nSPS) is 16.9. The molecule has 1 heterocycles. The molecule has 1 fully saturated rings. The first-order valence-corrected chi connectivity index (χ1v) is 5.70.